The Bertz CT molecular complexity index is 867. The van der Waals surface area contributed by atoms with Crippen molar-refractivity contribution in [3.63, 3.8) is 0 Å². The van der Waals surface area contributed by atoms with Crippen molar-refractivity contribution < 1.29 is 17.6 Å². The number of anilines is 1. The molecular weight excluding hydrogens is 294 g/mol. The lowest BCUT2D eigenvalue weighted by atomic mass is 10.1. The number of benzene rings is 1. The highest BCUT2D eigenvalue weighted by atomic mass is 32.2. The molecule has 0 aliphatic rings. The average Bonchev–Trinajstić information content (AvgIpc) is 2.43. The first-order chi connectivity index (χ1) is 9.77. The molecule has 1 aromatic heterocycles. The fraction of sp³-hybridized carbons (Fsp3) is 0.286. The summed E-state index contributed by atoms with van der Waals surface area (Å²) >= 11 is 0. The van der Waals surface area contributed by atoms with Gasteiger partial charge >= 0.3 is 5.63 Å². The standard InChI is InChI=1S/C14H15NO5S/c1-4-15(2)10-6-12-11(13(7-10)21(3,18)19)5-9(8-16)14(17)20-12/h5-8H,4H2,1-3H3. The highest BCUT2D eigenvalue weighted by Gasteiger charge is 2.18. The molecule has 0 fully saturated rings. The number of rotatable bonds is 4. The third-order valence-corrected chi connectivity index (χ3v) is 4.41. The zero-order valence-corrected chi connectivity index (χ0v) is 12.7. The van der Waals surface area contributed by atoms with E-state index >= 15 is 0 Å². The normalized spacial score (nSPS) is 11.6. The first-order valence-electron chi connectivity index (χ1n) is 6.26. The lowest BCUT2D eigenvalue weighted by Crippen LogP contribution is -2.17. The summed E-state index contributed by atoms with van der Waals surface area (Å²) in [5.74, 6) is 0. The topological polar surface area (TPSA) is 84.7 Å². The molecule has 0 bridgehead atoms. The molecule has 0 aliphatic carbocycles. The minimum absolute atomic E-state index is 0.0298. The molecule has 1 heterocycles. The quantitative estimate of drug-likeness (QED) is 0.628. The summed E-state index contributed by atoms with van der Waals surface area (Å²) in [5, 5.41) is 0.229. The Hall–Kier alpha value is -2.15. The Morgan fingerprint density at radius 1 is 1.29 bits per heavy atom. The van der Waals surface area contributed by atoms with Gasteiger partial charge in [0, 0.05) is 37.0 Å². The van der Waals surface area contributed by atoms with Crippen LogP contribution in [0.2, 0.25) is 0 Å². The average molecular weight is 309 g/mol. The molecule has 2 aromatic rings. The van der Waals surface area contributed by atoms with Crippen LogP contribution in [0.5, 0.6) is 0 Å². The summed E-state index contributed by atoms with van der Waals surface area (Å²) in [5.41, 5.74) is -0.228. The first-order valence-corrected chi connectivity index (χ1v) is 8.15. The molecule has 7 heteroatoms. The summed E-state index contributed by atoms with van der Waals surface area (Å²) < 4.78 is 29.0. The number of hydrogen-bond donors (Lipinski definition) is 0. The minimum atomic E-state index is -3.54. The van der Waals surface area contributed by atoms with Crippen LogP contribution in [-0.2, 0) is 9.84 Å². The van der Waals surface area contributed by atoms with E-state index in [1.807, 2.05) is 11.8 Å². The molecule has 0 atom stereocenters. The van der Waals surface area contributed by atoms with Gasteiger partial charge in [0.25, 0.3) is 0 Å². The summed E-state index contributed by atoms with van der Waals surface area (Å²) in [4.78, 5) is 24.3. The molecule has 0 unspecified atom stereocenters. The number of hydrogen-bond acceptors (Lipinski definition) is 6. The summed E-state index contributed by atoms with van der Waals surface area (Å²) in [6.45, 7) is 2.57. The van der Waals surface area contributed by atoms with E-state index in [-0.39, 0.29) is 21.4 Å². The van der Waals surface area contributed by atoms with Crippen molar-refractivity contribution in [2.75, 3.05) is 24.7 Å². The zero-order chi connectivity index (χ0) is 15.8. The number of carbonyl (C=O) groups is 1. The van der Waals surface area contributed by atoms with Gasteiger partial charge < -0.3 is 9.32 Å². The van der Waals surface area contributed by atoms with Gasteiger partial charge in [0.2, 0.25) is 0 Å². The maximum atomic E-state index is 12.0. The van der Waals surface area contributed by atoms with E-state index in [1.54, 1.807) is 13.1 Å². The molecule has 0 amide bonds. The molecule has 1 aromatic carbocycles. The number of aldehydes is 1. The van der Waals surface area contributed by atoms with Crippen molar-refractivity contribution in [1.82, 2.24) is 0 Å². The van der Waals surface area contributed by atoms with Crippen LogP contribution < -0.4 is 10.5 Å². The summed E-state index contributed by atoms with van der Waals surface area (Å²) in [7, 11) is -1.74. The van der Waals surface area contributed by atoms with Crippen molar-refractivity contribution in [1.29, 1.82) is 0 Å². The molecule has 6 nitrogen and oxygen atoms in total. The molecular formula is C14H15NO5S. The third-order valence-electron chi connectivity index (χ3n) is 3.27. The molecule has 112 valence electrons. The summed E-state index contributed by atoms with van der Waals surface area (Å²) in [6, 6.07) is 4.35. The van der Waals surface area contributed by atoms with Gasteiger partial charge in [0.15, 0.2) is 16.1 Å². The molecule has 2 rings (SSSR count). The molecule has 0 saturated heterocycles. The molecule has 0 radical (unpaired) electrons. The number of sulfone groups is 1. The Morgan fingerprint density at radius 2 is 1.95 bits per heavy atom. The maximum absolute atomic E-state index is 12.0. The van der Waals surface area contributed by atoms with E-state index in [1.165, 1.54) is 12.1 Å². The predicted molar refractivity (Wildman–Crippen MR) is 79.9 cm³/mol. The van der Waals surface area contributed by atoms with Crippen LogP contribution in [0.3, 0.4) is 0 Å². The van der Waals surface area contributed by atoms with Crippen LogP contribution in [0.1, 0.15) is 17.3 Å². The van der Waals surface area contributed by atoms with Crippen LogP contribution in [0.4, 0.5) is 5.69 Å². The number of fused-ring (bicyclic) bond motifs is 1. The van der Waals surface area contributed by atoms with Crippen LogP contribution in [0, 0.1) is 0 Å². The van der Waals surface area contributed by atoms with Crippen LogP contribution >= 0.6 is 0 Å². The van der Waals surface area contributed by atoms with Gasteiger partial charge in [-0.2, -0.15) is 0 Å². The van der Waals surface area contributed by atoms with Gasteiger partial charge in [0.1, 0.15) is 11.1 Å². The van der Waals surface area contributed by atoms with E-state index in [2.05, 4.69) is 0 Å². The second-order valence-electron chi connectivity index (χ2n) is 4.75. The van der Waals surface area contributed by atoms with Crippen LogP contribution in [-0.4, -0.2) is 34.6 Å². The lowest BCUT2D eigenvalue weighted by Gasteiger charge is -2.18. The SMILES string of the molecule is CCN(C)c1cc(S(C)(=O)=O)c2cc(C=O)c(=O)oc2c1. The third kappa shape index (κ3) is 2.82. The van der Waals surface area contributed by atoms with Gasteiger partial charge in [-0.25, -0.2) is 13.2 Å². The molecule has 0 spiro atoms. The van der Waals surface area contributed by atoms with E-state index < -0.39 is 15.5 Å². The Labute approximate surface area is 121 Å². The fourth-order valence-electron chi connectivity index (χ4n) is 1.98. The van der Waals surface area contributed by atoms with E-state index in [9.17, 15) is 18.0 Å². The Kier molecular flexibility index (Phi) is 3.87. The van der Waals surface area contributed by atoms with Gasteiger partial charge in [-0.3, -0.25) is 4.79 Å². The molecule has 0 saturated carbocycles. The number of nitrogens with zero attached hydrogens (tertiary/aromatic N) is 1. The minimum Gasteiger partial charge on any atom is -0.422 e. The van der Waals surface area contributed by atoms with Crippen LogP contribution in [0.15, 0.2) is 32.3 Å². The van der Waals surface area contributed by atoms with Crippen molar-refractivity contribution in [2.24, 2.45) is 0 Å². The second kappa shape index (κ2) is 5.33. The van der Waals surface area contributed by atoms with Crippen molar-refractivity contribution in [3.05, 3.63) is 34.2 Å². The number of carbonyl (C=O) groups excluding carboxylic acids is 1. The monoisotopic (exact) mass is 309 g/mol. The van der Waals surface area contributed by atoms with Gasteiger partial charge in [-0.15, -0.1) is 0 Å². The van der Waals surface area contributed by atoms with E-state index in [0.29, 0.717) is 18.5 Å². The highest BCUT2D eigenvalue weighted by Crippen LogP contribution is 2.28. The highest BCUT2D eigenvalue weighted by molar-refractivity contribution is 7.91. The largest absolute Gasteiger partial charge is 0.422 e. The summed E-state index contributed by atoms with van der Waals surface area (Å²) in [6.07, 6.45) is 1.42. The second-order valence-corrected chi connectivity index (χ2v) is 6.73. The van der Waals surface area contributed by atoms with E-state index in [0.717, 1.165) is 6.26 Å². The van der Waals surface area contributed by atoms with E-state index in [4.69, 9.17) is 4.42 Å². The van der Waals surface area contributed by atoms with Crippen molar-refractivity contribution in [2.45, 2.75) is 11.8 Å². The molecule has 0 aliphatic heterocycles. The molecule has 21 heavy (non-hydrogen) atoms. The zero-order valence-electron chi connectivity index (χ0n) is 11.9. The fourth-order valence-corrected chi connectivity index (χ4v) is 2.87. The van der Waals surface area contributed by atoms with Crippen LogP contribution in [0.25, 0.3) is 11.0 Å². The Balaban J connectivity index is 2.94. The smallest absolute Gasteiger partial charge is 0.346 e. The van der Waals surface area contributed by atoms with Gasteiger partial charge in [-0.1, -0.05) is 0 Å². The maximum Gasteiger partial charge on any atom is 0.346 e. The van der Waals surface area contributed by atoms with Crippen molar-refractivity contribution in [3.8, 4) is 0 Å². The predicted octanol–water partition coefficient (Wildman–Crippen LogP) is 1.47. The van der Waals surface area contributed by atoms with Gasteiger partial charge in [0.05, 0.1) is 4.90 Å². The Morgan fingerprint density at radius 3 is 2.48 bits per heavy atom. The lowest BCUT2D eigenvalue weighted by molar-refractivity contribution is 0.112. The van der Waals surface area contributed by atoms with Crippen molar-refractivity contribution >= 4 is 32.8 Å². The van der Waals surface area contributed by atoms with Gasteiger partial charge in [-0.05, 0) is 19.1 Å². The first kappa shape index (κ1) is 15.2. The molecule has 0 N–H and O–H groups in total.